The van der Waals surface area contributed by atoms with E-state index < -0.39 is 0 Å². The Labute approximate surface area is 114 Å². The van der Waals surface area contributed by atoms with E-state index in [1.807, 2.05) is 0 Å². The van der Waals surface area contributed by atoms with Gasteiger partial charge in [-0.25, -0.2) is 0 Å². The van der Waals surface area contributed by atoms with Crippen molar-refractivity contribution in [2.45, 2.75) is 51.1 Å². The number of nitrogens with one attached hydrogen (secondary N) is 2. The van der Waals surface area contributed by atoms with Gasteiger partial charge in [-0.05, 0) is 55.3 Å². The molecule has 1 saturated carbocycles. The van der Waals surface area contributed by atoms with Crippen LogP contribution in [0.2, 0.25) is 0 Å². The summed E-state index contributed by atoms with van der Waals surface area (Å²) in [6.07, 6.45) is 6.18. The highest BCUT2D eigenvalue weighted by atomic mass is 16.1. The van der Waals surface area contributed by atoms with Crippen molar-refractivity contribution in [3.05, 3.63) is 34.9 Å². The fourth-order valence-electron chi connectivity index (χ4n) is 2.80. The fourth-order valence-corrected chi connectivity index (χ4v) is 2.80. The van der Waals surface area contributed by atoms with Crippen LogP contribution in [0.5, 0.6) is 0 Å². The molecular weight excluding hydrogens is 236 g/mol. The highest BCUT2D eigenvalue weighted by Gasteiger charge is 2.19. The molecule has 1 amide bonds. The molecule has 3 rings (SSSR count). The number of hydrogen-bond donors (Lipinski definition) is 2. The molecule has 0 unspecified atom stereocenters. The molecule has 3 heteroatoms. The van der Waals surface area contributed by atoms with Gasteiger partial charge in [0.25, 0.3) is 0 Å². The van der Waals surface area contributed by atoms with Gasteiger partial charge in [-0.3, -0.25) is 4.79 Å². The number of carbonyl (C=O) groups is 1. The molecular formula is C16H22N2O. The van der Waals surface area contributed by atoms with Crippen LogP contribution in [0.15, 0.2) is 18.2 Å². The number of rotatable bonds is 4. The lowest BCUT2D eigenvalue weighted by atomic mass is 9.93. The lowest BCUT2D eigenvalue weighted by Gasteiger charge is -2.26. The van der Waals surface area contributed by atoms with Gasteiger partial charge in [-0.1, -0.05) is 18.2 Å². The van der Waals surface area contributed by atoms with Crippen LogP contribution in [0.3, 0.4) is 0 Å². The van der Waals surface area contributed by atoms with E-state index in [1.54, 1.807) is 0 Å². The summed E-state index contributed by atoms with van der Waals surface area (Å²) in [6, 6.07) is 7.13. The Balaban J connectivity index is 1.53. The molecule has 1 heterocycles. The van der Waals surface area contributed by atoms with Crippen molar-refractivity contribution in [3.8, 4) is 0 Å². The van der Waals surface area contributed by atoms with Gasteiger partial charge in [0.05, 0.1) is 0 Å². The third-order valence-electron chi connectivity index (χ3n) is 4.27. The second kappa shape index (κ2) is 5.74. The Morgan fingerprint density at radius 3 is 3.00 bits per heavy atom. The summed E-state index contributed by atoms with van der Waals surface area (Å²) in [6.45, 7) is 2.05. The average molecular weight is 258 g/mol. The molecule has 19 heavy (non-hydrogen) atoms. The number of aryl methyl sites for hydroxylation is 1. The summed E-state index contributed by atoms with van der Waals surface area (Å²) in [4.78, 5) is 11.8. The Kier molecular flexibility index (Phi) is 3.83. The molecule has 0 bridgehead atoms. The van der Waals surface area contributed by atoms with Crippen LogP contribution in [-0.4, -0.2) is 18.5 Å². The molecule has 0 spiro atoms. The maximum atomic E-state index is 11.8. The average Bonchev–Trinajstić information content (AvgIpc) is 2.40. The number of benzene rings is 1. The summed E-state index contributed by atoms with van der Waals surface area (Å²) in [5.41, 5.74) is 4.15. The van der Waals surface area contributed by atoms with E-state index in [2.05, 4.69) is 28.8 Å². The highest BCUT2D eigenvalue weighted by Crippen LogP contribution is 2.19. The van der Waals surface area contributed by atoms with Crippen LogP contribution in [0, 0.1) is 0 Å². The number of carbonyl (C=O) groups excluding carboxylic acids is 1. The quantitative estimate of drug-likeness (QED) is 0.866. The van der Waals surface area contributed by atoms with Crippen molar-refractivity contribution in [2.75, 3.05) is 6.54 Å². The smallest absolute Gasteiger partial charge is 0.220 e. The molecule has 102 valence electrons. The van der Waals surface area contributed by atoms with Crippen LogP contribution >= 0.6 is 0 Å². The van der Waals surface area contributed by atoms with E-state index in [4.69, 9.17) is 0 Å². The molecule has 2 N–H and O–H groups in total. The lowest BCUT2D eigenvalue weighted by Crippen LogP contribution is -2.39. The van der Waals surface area contributed by atoms with Crippen molar-refractivity contribution in [1.29, 1.82) is 0 Å². The Morgan fingerprint density at radius 1 is 1.32 bits per heavy atom. The zero-order valence-electron chi connectivity index (χ0n) is 11.4. The fraction of sp³-hybridized carbons (Fsp3) is 0.562. The van der Waals surface area contributed by atoms with Crippen LogP contribution < -0.4 is 10.6 Å². The van der Waals surface area contributed by atoms with E-state index in [0.29, 0.717) is 12.5 Å². The minimum Gasteiger partial charge on any atom is -0.353 e. The van der Waals surface area contributed by atoms with Gasteiger partial charge in [-0.15, -0.1) is 0 Å². The van der Waals surface area contributed by atoms with E-state index in [9.17, 15) is 4.79 Å². The molecule has 3 nitrogen and oxygen atoms in total. The largest absolute Gasteiger partial charge is 0.353 e. The van der Waals surface area contributed by atoms with Crippen molar-refractivity contribution >= 4 is 5.91 Å². The molecule has 0 atom stereocenters. The number of amides is 1. The third-order valence-corrected chi connectivity index (χ3v) is 4.27. The molecule has 1 aromatic rings. The second-order valence-corrected chi connectivity index (χ2v) is 5.73. The molecule has 2 aliphatic rings. The predicted octanol–water partition coefficient (Wildman–Crippen LogP) is 1.93. The molecule has 0 aromatic heterocycles. The monoisotopic (exact) mass is 258 g/mol. The van der Waals surface area contributed by atoms with Crippen molar-refractivity contribution < 1.29 is 4.79 Å². The maximum absolute atomic E-state index is 11.8. The number of fused-ring (bicyclic) bond motifs is 1. The van der Waals surface area contributed by atoms with Gasteiger partial charge in [-0.2, -0.15) is 0 Å². The van der Waals surface area contributed by atoms with E-state index in [0.717, 1.165) is 38.8 Å². The lowest BCUT2D eigenvalue weighted by molar-refractivity contribution is -0.122. The van der Waals surface area contributed by atoms with Gasteiger partial charge in [0.1, 0.15) is 0 Å². The molecule has 1 fully saturated rings. The minimum absolute atomic E-state index is 0.209. The Hall–Kier alpha value is -1.35. The van der Waals surface area contributed by atoms with E-state index in [-0.39, 0.29) is 5.91 Å². The van der Waals surface area contributed by atoms with Crippen molar-refractivity contribution in [1.82, 2.24) is 10.6 Å². The first-order valence-electron chi connectivity index (χ1n) is 7.42. The zero-order valence-corrected chi connectivity index (χ0v) is 11.4. The second-order valence-electron chi connectivity index (χ2n) is 5.73. The molecule has 1 aromatic carbocycles. The van der Waals surface area contributed by atoms with E-state index in [1.165, 1.54) is 23.1 Å². The molecule has 1 aliphatic heterocycles. The van der Waals surface area contributed by atoms with Gasteiger partial charge in [0.15, 0.2) is 0 Å². The van der Waals surface area contributed by atoms with Gasteiger partial charge < -0.3 is 10.6 Å². The Morgan fingerprint density at radius 2 is 2.21 bits per heavy atom. The third kappa shape index (κ3) is 3.16. The van der Waals surface area contributed by atoms with Crippen LogP contribution in [0.4, 0.5) is 0 Å². The number of hydrogen-bond acceptors (Lipinski definition) is 2. The van der Waals surface area contributed by atoms with Crippen LogP contribution in [-0.2, 0) is 24.2 Å². The molecule has 1 aliphatic carbocycles. The maximum Gasteiger partial charge on any atom is 0.220 e. The summed E-state index contributed by atoms with van der Waals surface area (Å²) in [7, 11) is 0. The zero-order chi connectivity index (χ0) is 13.1. The van der Waals surface area contributed by atoms with E-state index >= 15 is 0 Å². The standard InChI is InChI=1S/C16H22N2O/c19-16(18-15-2-1-3-15)7-5-12-4-6-13-8-9-17-11-14(13)10-12/h4,6,10,15,17H,1-3,5,7-9,11H2,(H,18,19). The van der Waals surface area contributed by atoms with Crippen molar-refractivity contribution in [2.24, 2.45) is 0 Å². The van der Waals surface area contributed by atoms with Gasteiger partial charge >= 0.3 is 0 Å². The van der Waals surface area contributed by atoms with Gasteiger partial charge in [0.2, 0.25) is 5.91 Å². The minimum atomic E-state index is 0.209. The molecule has 0 radical (unpaired) electrons. The summed E-state index contributed by atoms with van der Waals surface area (Å²) in [5, 5.41) is 6.49. The first-order valence-corrected chi connectivity index (χ1v) is 7.42. The summed E-state index contributed by atoms with van der Waals surface area (Å²) < 4.78 is 0. The summed E-state index contributed by atoms with van der Waals surface area (Å²) in [5.74, 6) is 0.209. The van der Waals surface area contributed by atoms with Crippen LogP contribution in [0.25, 0.3) is 0 Å². The highest BCUT2D eigenvalue weighted by molar-refractivity contribution is 5.76. The van der Waals surface area contributed by atoms with Crippen molar-refractivity contribution in [3.63, 3.8) is 0 Å². The first kappa shape index (κ1) is 12.7. The SMILES string of the molecule is O=C(CCc1ccc2c(c1)CNCC2)NC1CCC1. The molecule has 0 saturated heterocycles. The van der Waals surface area contributed by atoms with Crippen LogP contribution in [0.1, 0.15) is 42.4 Å². The first-order chi connectivity index (χ1) is 9.31. The Bertz CT molecular complexity index is 466. The predicted molar refractivity (Wildman–Crippen MR) is 76.0 cm³/mol. The van der Waals surface area contributed by atoms with Gasteiger partial charge in [0, 0.05) is 19.0 Å². The topological polar surface area (TPSA) is 41.1 Å². The summed E-state index contributed by atoms with van der Waals surface area (Å²) >= 11 is 0. The normalized spacial score (nSPS) is 18.5.